The van der Waals surface area contributed by atoms with Gasteiger partial charge in [-0.1, -0.05) is 22.0 Å². The molecular formula is C13H16BrNO2. The Hall–Kier alpha value is -0.870. The third kappa shape index (κ3) is 3.30. The van der Waals surface area contributed by atoms with Crippen molar-refractivity contribution >= 4 is 21.8 Å². The average Bonchev–Trinajstić information content (AvgIpc) is 2.82. The Morgan fingerprint density at radius 2 is 2.41 bits per heavy atom. The highest BCUT2D eigenvalue weighted by atomic mass is 79.9. The summed E-state index contributed by atoms with van der Waals surface area (Å²) in [7, 11) is 0. The molecule has 1 heterocycles. The van der Waals surface area contributed by atoms with Crippen molar-refractivity contribution in [3.63, 3.8) is 0 Å². The molecule has 1 fully saturated rings. The van der Waals surface area contributed by atoms with E-state index < -0.39 is 0 Å². The standard InChI is InChI=1S/C13H16BrNO2/c1-9-2-3-11(6-12(9)14)13(16)15-7-10-4-5-17-8-10/h2-3,6,10H,4-5,7-8H2,1H3,(H,15,16). The van der Waals surface area contributed by atoms with Crippen LogP contribution in [0.4, 0.5) is 0 Å². The molecule has 1 aromatic rings. The molecule has 1 saturated heterocycles. The molecule has 17 heavy (non-hydrogen) atoms. The van der Waals surface area contributed by atoms with E-state index in [-0.39, 0.29) is 5.91 Å². The maximum atomic E-state index is 11.9. The zero-order valence-corrected chi connectivity index (χ0v) is 11.4. The smallest absolute Gasteiger partial charge is 0.251 e. The van der Waals surface area contributed by atoms with Gasteiger partial charge in [-0.05, 0) is 31.0 Å². The molecule has 1 aromatic carbocycles. The van der Waals surface area contributed by atoms with Crippen molar-refractivity contribution in [3.8, 4) is 0 Å². The molecule has 0 aliphatic carbocycles. The number of carbonyl (C=O) groups excluding carboxylic acids is 1. The van der Waals surface area contributed by atoms with E-state index in [9.17, 15) is 4.79 Å². The lowest BCUT2D eigenvalue weighted by atomic mass is 10.1. The number of benzene rings is 1. The molecule has 1 aliphatic rings. The van der Waals surface area contributed by atoms with E-state index in [1.807, 2.05) is 25.1 Å². The van der Waals surface area contributed by atoms with Gasteiger partial charge in [-0.25, -0.2) is 0 Å². The van der Waals surface area contributed by atoms with Gasteiger partial charge in [0.25, 0.3) is 5.91 Å². The Kier molecular flexibility index (Phi) is 4.18. The summed E-state index contributed by atoms with van der Waals surface area (Å²) in [5, 5.41) is 2.95. The highest BCUT2D eigenvalue weighted by molar-refractivity contribution is 9.10. The Morgan fingerprint density at radius 3 is 3.06 bits per heavy atom. The number of amides is 1. The van der Waals surface area contributed by atoms with E-state index in [0.29, 0.717) is 18.0 Å². The Labute approximate surface area is 110 Å². The van der Waals surface area contributed by atoms with E-state index in [1.165, 1.54) is 0 Å². The normalized spacial score (nSPS) is 19.3. The van der Waals surface area contributed by atoms with Crippen LogP contribution in [0.5, 0.6) is 0 Å². The Balaban J connectivity index is 1.92. The highest BCUT2D eigenvalue weighted by Gasteiger charge is 2.16. The van der Waals surface area contributed by atoms with Crippen LogP contribution in [0.15, 0.2) is 22.7 Å². The largest absolute Gasteiger partial charge is 0.381 e. The Bertz CT molecular complexity index is 414. The predicted molar refractivity (Wildman–Crippen MR) is 70.1 cm³/mol. The summed E-state index contributed by atoms with van der Waals surface area (Å²) < 4.78 is 6.24. The first-order chi connectivity index (χ1) is 8.16. The molecule has 0 spiro atoms. The number of aryl methyl sites for hydroxylation is 1. The molecule has 0 bridgehead atoms. The van der Waals surface area contributed by atoms with Crippen LogP contribution in [0.25, 0.3) is 0 Å². The first-order valence-corrected chi connectivity index (χ1v) is 6.58. The van der Waals surface area contributed by atoms with Crippen LogP contribution in [0.2, 0.25) is 0 Å². The molecule has 1 aliphatic heterocycles. The maximum absolute atomic E-state index is 11.9. The van der Waals surface area contributed by atoms with Crippen molar-refractivity contribution < 1.29 is 9.53 Å². The van der Waals surface area contributed by atoms with Crippen LogP contribution < -0.4 is 5.32 Å². The minimum Gasteiger partial charge on any atom is -0.381 e. The van der Waals surface area contributed by atoms with Gasteiger partial charge in [0, 0.05) is 29.1 Å². The van der Waals surface area contributed by atoms with Gasteiger partial charge in [0.2, 0.25) is 0 Å². The molecular weight excluding hydrogens is 282 g/mol. The van der Waals surface area contributed by atoms with Gasteiger partial charge >= 0.3 is 0 Å². The lowest BCUT2D eigenvalue weighted by Gasteiger charge is -2.10. The lowest BCUT2D eigenvalue weighted by molar-refractivity contribution is 0.0945. The molecule has 1 atom stereocenters. The number of halogens is 1. The minimum atomic E-state index is -0.0161. The summed E-state index contributed by atoms with van der Waals surface area (Å²) in [6.07, 6.45) is 1.04. The predicted octanol–water partition coefficient (Wildman–Crippen LogP) is 2.52. The van der Waals surface area contributed by atoms with Crippen molar-refractivity contribution in [2.45, 2.75) is 13.3 Å². The van der Waals surface area contributed by atoms with Crippen LogP contribution in [0.3, 0.4) is 0 Å². The fraction of sp³-hybridized carbons (Fsp3) is 0.462. The van der Waals surface area contributed by atoms with Gasteiger partial charge < -0.3 is 10.1 Å². The van der Waals surface area contributed by atoms with Crippen molar-refractivity contribution in [1.29, 1.82) is 0 Å². The van der Waals surface area contributed by atoms with E-state index in [1.54, 1.807) is 0 Å². The molecule has 2 rings (SSSR count). The number of nitrogens with one attached hydrogen (secondary N) is 1. The van der Waals surface area contributed by atoms with Gasteiger partial charge in [0.1, 0.15) is 0 Å². The number of hydrogen-bond donors (Lipinski definition) is 1. The second-order valence-electron chi connectivity index (χ2n) is 4.40. The van der Waals surface area contributed by atoms with Crippen LogP contribution >= 0.6 is 15.9 Å². The van der Waals surface area contributed by atoms with Crippen LogP contribution in [-0.4, -0.2) is 25.7 Å². The summed E-state index contributed by atoms with van der Waals surface area (Å²) >= 11 is 3.43. The van der Waals surface area contributed by atoms with Gasteiger partial charge in [-0.15, -0.1) is 0 Å². The van der Waals surface area contributed by atoms with Gasteiger partial charge in [-0.2, -0.15) is 0 Å². The second kappa shape index (κ2) is 5.65. The number of carbonyl (C=O) groups is 1. The quantitative estimate of drug-likeness (QED) is 0.931. The molecule has 0 saturated carbocycles. The van der Waals surface area contributed by atoms with Crippen LogP contribution in [0.1, 0.15) is 22.3 Å². The van der Waals surface area contributed by atoms with Crippen LogP contribution in [-0.2, 0) is 4.74 Å². The molecule has 4 heteroatoms. The summed E-state index contributed by atoms with van der Waals surface area (Å²) in [6, 6.07) is 5.65. The van der Waals surface area contributed by atoms with Gasteiger partial charge in [0.15, 0.2) is 0 Å². The van der Waals surface area contributed by atoms with Crippen molar-refractivity contribution in [2.24, 2.45) is 5.92 Å². The molecule has 0 radical (unpaired) electrons. The van der Waals surface area contributed by atoms with Crippen molar-refractivity contribution in [2.75, 3.05) is 19.8 Å². The third-order valence-corrected chi connectivity index (χ3v) is 3.86. The van der Waals surface area contributed by atoms with E-state index in [4.69, 9.17) is 4.74 Å². The van der Waals surface area contributed by atoms with Gasteiger partial charge in [0.05, 0.1) is 6.61 Å². The number of hydrogen-bond acceptors (Lipinski definition) is 2. The monoisotopic (exact) mass is 297 g/mol. The molecule has 1 unspecified atom stereocenters. The lowest BCUT2D eigenvalue weighted by Crippen LogP contribution is -2.29. The Morgan fingerprint density at radius 1 is 1.59 bits per heavy atom. The molecule has 1 N–H and O–H groups in total. The fourth-order valence-corrected chi connectivity index (χ4v) is 2.20. The molecule has 0 aromatic heterocycles. The highest BCUT2D eigenvalue weighted by Crippen LogP contribution is 2.17. The number of ether oxygens (including phenoxy) is 1. The van der Waals surface area contributed by atoms with E-state index in [0.717, 1.165) is 29.7 Å². The summed E-state index contributed by atoms with van der Waals surface area (Å²) in [5.74, 6) is 0.449. The van der Waals surface area contributed by atoms with Crippen molar-refractivity contribution in [1.82, 2.24) is 5.32 Å². The van der Waals surface area contributed by atoms with Crippen LogP contribution in [0, 0.1) is 12.8 Å². The zero-order valence-electron chi connectivity index (χ0n) is 9.83. The molecule has 92 valence electrons. The van der Waals surface area contributed by atoms with E-state index >= 15 is 0 Å². The second-order valence-corrected chi connectivity index (χ2v) is 5.26. The first-order valence-electron chi connectivity index (χ1n) is 5.79. The SMILES string of the molecule is Cc1ccc(C(=O)NCC2CCOC2)cc1Br. The average molecular weight is 298 g/mol. The van der Waals surface area contributed by atoms with Crippen molar-refractivity contribution in [3.05, 3.63) is 33.8 Å². The first kappa shape index (κ1) is 12.6. The van der Waals surface area contributed by atoms with E-state index in [2.05, 4.69) is 21.2 Å². The topological polar surface area (TPSA) is 38.3 Å². The summed E-state index contributed by atoms with van der Waals surface area (Å²) in [4.78, 5) is 11.9. The molecule has 1 amide bonds. The number of rotatable bonds is 3. The summed E-state index contributed by atoms with van der Waals surface area (Å²) in [5.41, 5.74) is 1.83. The fourth-order valence-electron chi connectivity index (χ4n) is 1.82. The zero-order chi connectivity index (χ0) is 12.3. The minimum absolute atomic E-state index is 0.0161. The molecule has 3 nitrogen and oxygen atoms in total. The third-order valence-electron chi connectivity index (χ3n) is 3.01. The maximum Gasteiger partial charge on any atom is 0.251 e. The van der Waals surface area contributed by atoms with Gasteiger partial charge in [-0.3, -0.25) is 4.79 Å². The summed E-state index contributed by atoms with van der Waals surface area (Å²) in [6.45, 7) is 4.28.